The van der Waals surface area contributed by atoms with Crippen LogP contribution in [0.2, 0.25) is 0 Å². The van der Waals surface area contributed by atoms with Gasteiger partial charge in [0.1, 0.15) is 27.8 Å². The molecular weight excluding hydrogens is 728 g/mol. The van der Waals surface area contributed by atoms with Gasteiger partial charge >= 0.3 is 0 Å². The summed E-state index contributed by atoms with van der Waals surface area (Å²) in [6, 6.07) is 66.8. The van der Waals surface area contributed by atoms with E-state index in [1.807, 2.05) is 30.4 Å². The van der Waals surface area contributed by atoms with Gasteiger partial charge < -0.3 is 9.47 Å². The van der Waals surface area contributed by atoms with Crippen molar-refractivity contribution in [3.05, 3.63) is 229 Å². The van der Waals surface area contributed by atoms with Crippen molar-refractivity contribution in [3.63, 3.8) is 0 Å². The number of hydrogen-bond acceptors (Lipinski definition) is 3. The molecule has 278 valence electrons. The summed E-state index contributed by atoms with van der Waals surface area (Å²) < 4.78 is 11.4. The summed E-state index contributed by atoms with van der Waals surface area (Å²) in [4.78, 5) is 12.5. The van der Waals surface area contributed by atoms with Gasteiger partial charge in [0.2, 0.25) is 7.49 Å². The van der Waals surface area contributed by atoms with Gasteiger partial charge in [0.05, 0.1) is 19.6 Å². The molecule has 1 aliphatic rings. The average molecular weight is 768 g/mol. The highest BCUT2D eigenvalue weighted by molar-refractivity contribution is 7.85. The first-order chi connectivity index (χ1) is 28.5. The SMILES string of the molecule is COc1ccc(C(c2ccc(OC)cc2)(c2ccc(-c3ccc([P+](O)(c4ccccc4)C4C=CC=C4)cc3)cc2)c2cc3cc#cc4ccc5cccc2c5c43)cc1. The highest BCUT2D eigenvalue weighted by Gasteiger charge is 2.48. The van der Waals surface area contributed by atoms with Gasteiger partial charge in [-0.2, -0.15) is 0 Å². The second-order valence-electron chi connectivity index (χ2n) is 14.9. The Morgan fingerprint density at radius 2 is 1.12 bits per heavy atom. The van der Waals surface area contributed by atoms with Crippen molar-refractivity contribution in [2.45, 2.75) is 11.1 Å². The zero-order valence-corrected chi connectivity index (χ0v) is 33.2. The molecule has 0 heterocycles. The van der Waals surface area contributed by atoms with Crippen LogP contribution in [0.15, 0.2) is 194 Å². The van der Waals surface area contributed by atoms with Gasteiger partial charge in [-0.1, -0.05) is 127 Å². The third-order valence-electron chi connectivity index (χ3n) is 12.0. The quantitative estimate of drug-likeness (QED) is 0.111. The molecule has 3 nitrogen and oxygen atoms in total. The van der Waals surface area contributed by atoms with Crippen molar-refractivity contribution in [3.8, 4) is 22.6 Å². The number of methoxy groups -OCH3 is 2. The zero-order chi connectivity index (χ0) is 39.3. The van der Waals surface area contributed by atoms with E-state index in [1.54, 1.807) is 14.2 Å². The third-order valence-corrected chi connectivity index (χ3v) is 15.4. The molecule has 1 aliphatic carbocycles. The van der Waals surface area contributed by atoms with Gasteiger partial charge in [0.15, 0.2) is 0 Å². The van der Waals surface area contributed by atoms with Crippen LogP contribution in [0.25, 0.3) is 43.4 Å². The largest absolute Gasteiger partial charge is 0.497 e. The molecule has 1 N–H and O–H groups in total. The minimum Gasteiger partial charge on any atom is -0.497 e. The van der Waals surface area contributed by atoms with Crippen LogP contribution in [-0.2, 0) is 5.41 Å². The van der Waals surface area contributed by atoms with E-state index in [2.05, 4.69) is 176 Å². The van der Waals surface area contributed by atoms with Crippen molar-refractivity contribution in [2.24, 2.45) is 0 Å². The van der Waals surface area contributed by atoms with E-state index in [1.165, 1.54) is 27.1 Å². The maximum Gasteiger partial charge on any atom is 0.217 e. The Hall–Kier alpha value is -6.69. The molecule has 0 radical (unpaired) electrons. The lowest BCUT2D eigenvalue weighted by Gasteiger charge is -2.38. The molecular formula is C54H40O3P+. The molecule has 1 unspecified atom stereocenters. The molecule has 0 saturated carbocycles. The van der Waals surface area contributed by atoms with Crippen LogP contribution in [0, 0.1) is 12.1 Å². The van der Waals surface area contributed by atoms with Crippen LogP contribution < -0.4 is 20.1 Å². The fraction of sp³-hybridized carbons (Fsp3) is 0.0741. The molecule has 4 heteroatoms. The summed E-state index contributed by atoms with van der Waals surface area (Å²) in [7, 11) is 0.697. The minimum absolute atomic E-state index is 0.0565. The highest BCUT2D eigenvalue weighted by Crippen LogP contribution is 2.59. The molecule has 1 atom stereocenters. The first-order valence-corrected chi connectivity index (χ1v) is 21.4. The van der Waals surface area contributed by atoms with Crippen LogP contribution in [-0.4, -0.2) is 24.8 Å². The van der Waals surface area contributed by atoms with Crippen molar-refractivity contribution in [2.75, 3.05) is 14.2 Å². The number of allylic oxidation sites excluding steroid dienone is 4. The second kappa shape index (κ2) is 14.4. The smallest absolute Gasteiger partial charge is 0.217 e. The molecule has 0 aliphatic heterocycles. The van der Waals surface area contributed by atoms with Gasteiger partial charge in [0, 0.05) is 10.8 Å². The predicted molar refractivity (Wildman–Crippen MR) is 242 cm³/mol. The number of benzene rings is 8. The summed E-state index contributed by atoms with van der Waals surface area (Å²) in [6.45, 7) is 0. The molecule has 0 bridgehead atoms. The van der Waals surface area contributed by atoms with Gasteiger partial charge in [-0.25, -0.2) is 4.89 Å². The molecule has 0 saturated heterocycles. The standard InChI is InChI=1S/C54H40O3P/c1-56-45-30-26-43(27-31-45)54(44-28-32-46(57-2)33-29-44,51-36-41-12-8-10-39-18-19-40-11-9-17-50(51)53(40)52(39)41)42-24-20-37(21-25-42)38-22-34-49(35-23-38)58(55,48-15-6-7-16-48)47-13-4-3-5-14-47/h3-7,9,11-36,48,55H,1-2H3/q+1. The topological polar surface area (TPSA) is 38.7 Å². The van der Waals surface area contributed by atoms with E-state index in [4.69, 9.17) is 9.47 Å². The fourth-order valence-electron chi connectivity index (χ4n) is 9.19. The molecule has 10 rings (SSSR count). The summed E-state index contributed by atoms with van der Waals surface area (Å²) in [6.07, 6.45) is 8.30. The third kappa shape index (κ3) is 5.60. The molecule has 58 heavy (non-hydrogen) atoms. The van der Waals surface area contributed by atoms with Crippen LogP contribution in [0.1, 0.15) is 22.3 Å². The molecule has 0 aromatic heterocycles. The van der Waals surface area contributed by atoms with Crippen LogP contribution >= 0.6 is 7.49 Å². The molecule has 9 aromatic carbocycles. The summed E-state index contributed by atoms with van der Waals surface area (Å²) in [5.74, 6) is 1.60. The number of rotatable bonds is 10. The lowest BCUT2D eigenvalue weighted by Crippen LogP contribution is -2.31. The first kappa shape index (κ1) is 35.7. The van der Waals surface area contributed by atoms with E-state index < -0.39 is 12.9 Å². The lowest BCUT2D eigenvalue weighted by molar-refractivity contribution is 0.414. The zero-order valence-electron chi connectivity index (χ0n) is 32.3. The van der Waals surface area contributed by atoms with Crippen molar-refractivity contribution in [1.82, 2.24) is 0 Å². The number of hydrogen-bond donors (Lipinski definition) is 1. The normalized spacial score (nSPS) is 13.9. The summed E-state index contributed by atoms with van der Waals surface area (Å²) in [5.41, 5.74) is 5.88. The molecule has 9 aromatic rings. The van der Waals surface area contributed by atoms with Crippen molar-refractivity contribution < 1.29 is 14.4 Å². The maximum atomic E-state index is 12.5. The Morgan fingerprint density at radius 1 is 0.552 bits per heavy atom. The van der Waals surface area contributed by atoms with Crippen molar-refractivity contribution >= 4 is 50.4 Å². The van der Waals surface area contributed by atoms with Gasteiger partial charge in [0.25, 0.3) is 0 Å². The molecule has 0 amide bonds. The first-order valence-electron chi connectivity index (χ1n) is 19.6. The summed E-state index contributed by atoms with van der Waals surface area (Å²) in [5, 5.41) is 8.92. The number of ether oxygens (including phenoxy) is 2. The van der Waals surface area contributed by atoms with E-state index in [0.29, 0.717) is 0 Å². The maximum absolute atomic E-state index is 12.5. The van der Waals surface area contributed by atoms with E-state index in [0.717, 1.165) is 60.7 Å². The highest BCUT2D eigenvalue weighted by atomic mass is 31.2. The van der Waals surface area contributed by atoms with Crippen molar-refractivity contribution in [1.29, 1.82) is 0 Å². The Bertz CT molecular complexity index is 2890. The van der Waals surface area contributed by atoms with E-state index in [9.17, 15) is 4.89 Å². The van der Waals surface area contributed by atoms with E-state index >= 15 is 0 Å². The Labute approximate surface area is 339 Å². The second-order valence-corrected chi connectivity index (χ2v) is 17.9. The summed E-state index contributed by atoms with van der Waals surface area (Å²) >= 11 is 0. The van der Waals surface area contributed by atoms with Crippen LogP contribution in [0.4, 0.5) is 0 Å². The monoisotopic (exact) mass is 767 g/mol. The fourth-order valence-corrected chi connectivity index (χ4v) is 12.1. The van der Waals surface area contributed by atoms with Crippen LogP contribution in [0.3, 0.4) is 0 Å². The Kier molecular flexibility index (Phi) is 8.84. The molecule has 0 fully saturated rings. The van der Waals surface area contributed by atoms with Gasteiger partial charge in [-0.05, 0) is 134 Å². The Balaban J connectivity index is 1.18. The van der Waals surface area contributed by atoms with Crippen LogP contribution in [0.5, 0.6) is 11.5 Å². The molecule has 0 spiro atoms. The average Bonchev–Trinajstić information content (AvgIpc) is 3.86. The lowest BCUT2D eigenvalue weighted by atomic mass is 9.63. The Morgan fingerprint density at radius 3 is 1.72 bits per heavy atom. The van der Waals surface area contributed by atoms with Gasteiger partial charge in [-0.3, -0.25) is 0 Å². The minimum atomic E-state index is -2.72. The van der Waals surface area contributed by atoms with Gasteiger partial charge in [-0.15, -0.1) is 0 Å². The van der Waals surface area contributed by atoms with E-state index in [-0.39, 0.29) is 5.66 Å². The predicted octanol–water partition coefficient (Wildman–Crippen LogP) is 11.6.